The van der Waals surface area contributed by atoms with Gasteiger partial charge in [-0.15, -0.1) is 0 Å². The Labute approximate surface area is 237 Å². The molecule has 0 bridgehead atoms. The van der Waals surface area contributed by atoms with Crippen LogP contribution in [0, 0.1) is 11.2 Å². The summed E-state index contributed by atoms with van der Waals surface area (Å²) in [5.41, 5.74) is 4.61. The first-order valence-corrected chi connectivity index (χ1v) is 15.3. The Morgan fingerprint density at radius 2 is 1.82 bits per heavy atom. The van der Waals surface area contributed by atoms with Gasteiger partial charge < -0.3 is 10.2 Å². The summed E-state index contributed by atoms with van der Waals surface area (Å²) in [4.78, 5) is 2.42. The van der Waals surface area contributed by atoms with Gasteiger partial charge in [0, 0.05) is 37.6 Å². The van der Waals surface area contributed by atoms with Crippen LogP contribution in [0.25, 0.3) is 6.08 Å². The molecule has 2 aromatic carbocycles. The highest BCUT2D eigenvalue weighted by Gasteiger charge is 2.50. The maximum absolute atomic E-state index is 14.1. The van der Waals surface area contributed by atoms with Crippen molar-refractivity contribution in [3.05, 3.63) is 88.5 Å². The SMILES string of the molecule is CN(C)CCNC(c1ccc(F)cc1)[C@@]12Cc3cn[nH]c3C=C1CCN(S(=O)(=O)c1ccc(C(C)(C)C)cc1)C2. The van der Waals surface area contributed by atoms with Crippen molar-refractivity contribution in [1.29, 1.82) is 0 Å². The average molecular weight is 566 g/mol. The summed E-state index contributed by atoms with van der Waals surface area (Å²) in [6, 6.07) is 13.7. The number of sulfonamides is 1. The third kappa shape index (κ3) is 5.52. The summed E-state index contributed by atoms with van der Waals surface area (Å²) in [6.45, 7) is 8.56. The minimum absolute atomic E-state index is 0.0673. The van der Waals surface area contributed by atoms with Crippen LogP contribution in [0.15, 0.2) is 65.2 Å². The fourth-order valence-corrected chi connectivity index (χ4v) is 7.57. The standard InChI is InChI=1S/C31H40FN5O2S/c1-30(2,3)24-8-12-27(13-9-24)40(38,39)37-16-14-25-18-28-23(20-34-35-28)19-31(25,21-37)29(33-15-17-36(4)5)22-6-10-26(32)11-7-22/h6-13,18,20,29,33H,14-17,19,21H2,1-5H3,(H,34,35)/t29?,31-/m1/s1. The number of fused-ring (bicyclic) bond motifs is 2. The number of H-pyrrole nitrogens is 1. The van der Waals surface area contributed by atoms with Crippen LogP contribution in [0.3, 0.4) is 0 Å². The van der Waals surface area contributed by atoms with Crippen LogP contribution in [0.2, 0.25) is 0 Å². The van der Waals surface area contributed by atoms with Gasteiger partial charge in [0.1, 0.15) is 5.82 Å². The largest absolute Gasteiger partial charge is 0.308 e. The Kier molecular flexibility index (Phi) is 7.78. The van der Waals surface area contributed by atoms with Crippen molar-refractivity contribution in [2.45, 2.75) is 50.0 Å². The predicted molar refractivity (Wildman–Crippen MR) is 157 cm³/mol. The van der Waals surface area contributed by atoms with Crippen molar-refractivity contribution in [3.63, 3.8) is 0 Å². The number of aromatic amines is 1. The van der Waals surface area contributed by atoms with E-state index in [0.717, 1.165) is 28.9 Å². The maximum Gasteiger partial charge on any atom is 0.243 e. The molecule has 0 radical (unpaired) electrons. The molecule has 1 saturated heterocycles. The molecule has 214 valence electrons. The normalized spacial score (nSPS) is 20.6. The summed E-state index contributed by atoms with van der Waals surface area (Å²) in [5, 5.41) is 11.1. The number of rotatable bonds is 8. The third-order valence-corrected chi connectivity index (χ3v) is 10.2. The van der Waals surface area contributed by atoms with Crippen molar-refractivity contribution in [3.8, 4) is 0 Å². The van der Waals surface area contributed by atoms with Crippen molar-refractivity contribution < 1.29 is 12.8 Å². The molecule has 2 aliphatic rings. The van der Waals surface area contributed by atoms with Crippen LogP contribution in [0.5, 0.6) is 0 Å². The molecule has 9 heteroatoms. The van der Waals surface area contributed by atoms with Gasteiger partial charge in [0.2, 0.25) is 10.0 Å². The van der Waals surface area contributed by atoms with Crippen molar-refractivity contribution in [2.24, 2.45) is 5.41 Å². The van der Waals surface area contributed by atoms with Crippen molar-refractivity contribution in [1.82, 2.24) is 24.7 Å². The van der Waals surface area contributed by atoms with Gasteiger partial charge in [-0.2, -0.15) is 9.40 Å². The summed E-state index contributed by atoms with van der Waals surface area (Å²) in [6.07, 6.45) is 5.21. The molecular weight excluding hydrogens is 525 g/mol. The number of aromatic nitrogens is 2. The van der Waals surface area contributed by atoms with Crippen LogP contribution in [0.4, 0.5) is 4.39 Å². The topological polar surface area (TPSA) is 81.3 Å². The molecular formula is C31H40FN5O2S. The minimum Gasteiger partial charge on any atom is -0.308 e. The lowest BCUT2D eigenvalue weighted by Gasteiger charge is -2.50. The smallest absolute Gasteiger partial charge is 0.243 e. The molecule has 2 atom stereocenters. The second kappa shape index (κ2) is 10.9. The van der Waals surface area contributed by atoms with E-state index in [2.05, 4.69) is 47.3 Å². The molecule has 1 aliphatic carbocycles. The number of hydrogen-bond acceptors (Lipinski definition) is 5. The van der Waals surface area contributed by atoms with Crippen LogP contribution in [-0.4, -0.2) is 68.1 Å². The second-order valence-electron chi connectivity index (χ2n) is 12.4. The first-order chi connectivity index (χ1) is 18.9. The Balaban J connectivity index is 1.57. The van der Waals surface area contributed by atoms with E-state index in [-0.39, 0.29) is 17.3 Å². The van der Waals surface area contributed by atoms with Crippen molar-refractivity contribution in [2.75, 3.05) is 40.3 Å². The van der Waals surface area contributed by atoms with Gasteiger partial charge in [-0.3, -0.25) is 5.10 Å². The Morgan fingerprint density at radius 3 is 2.48 bits per heavy atom. The second-order valence-corrected chi connectivity index (χ2v) is 14.4. The molecule has 3 aromatic rings. The summed E-state index contributed by atoms with van der Waals surface area (Å²) < 4.78 is 43.8. The Bertz CT molecular complexity index is 1470. The lowest BCUT2D eigenvalue weighted by molar-refractivity contribution is 0.150. The molecule has 1 aromatic heterocycles. The first kappa shape index (κ1) is 28.7. The lowest BCUT2D eigenvalue weighted by atomic mass is 9.63. The molecule has 7 nitrogen and oxygen atoms in total. The fourth-order valence-electron chi connectivity index (χ4n) is 6.06. The Hall–Kier alpha value is -2.85. The summed E-state index contributed by atoms with van der Waals surface area (Å²) in [7, 11) is 0.302. The zero-order valence-electron chi connectivity index (χ0n) is 24.0. The molecule has 2 heterocycles. The molecule has 1 aliphatic heterocycles. The van der Waals surface area contributed by atoms with E-state index in [0.29, 0.717) is 37.4 Å². The van der Waals surface area contributed by atoms with Gasteiger partial charge in [-0.05, 0) is 79.4 Å². The zero-order valence-corrected chi connectivity index (χ0v) is 24.9. The van der Waals surface area contributed by atoms with Gasteiger partial charge in [0.25, 0.3) is 0 Å². The van der Waals surface area contributed by atoms with E-state index in [4.69, 9.17) is 0 Å². The minimum atomic E-state index is -3.75. The van der Waals surface area contributed by atoms with E-state index in [1.54, 1.807) is 16.4 Å². The van der Waals surface area contributed by atoms with E-state index >= 15 is 0 Å². The Morgan fingerprint density at radius 1 is 1.12 bits per heavy atom. The van der Waals surface area contributed by atoms with Crippen LogP contribution in [0.1, 0.15) is 55.6 Å². The molecule has 0 amide bonds. The number of nitrogens with one attached hydrogen (secondary N) is 2. The van der Waals surface area contributed by atoms with Gasteiger partial charge >= 0.3 is 0 Å². The maximum atomic E-state index is 14.1. The van der Waals surface area contributed by atoms with E-state index < -0.39 is 15.4 Å². The predicted octanol–water partition coefficient (Wildman–Crippen LogP) is 4.76. The van der Waals surface area contributed by atoms with Gasteiger partial charge in [0.05, 0.1) is 16.8 Å². The first-order valence-electron chi connectivity index (χ1n) is 13.9. The third-order valence-electron chi connectivity index (χ3n) is 8.33. The highest BCUT2D eigenvalue weighted by molar-refractivity contribution is 7.89. The number of benzene rings is 2. The summed E-state index contributed by atoms with van der Waals surface area (Å²) >= 11 is 0. The van der Waals surface area contributed by atoms with E-state index in [1.807, 2.05) is 44.6 Å². The zero-order chi connectivity index (χ0) is 28.7. The summed E-state index contributed by atoms with van der Waals surface area (Å²) in [5.74, 6) is -0.295. The number of piperidine rings is 1. The molecule has 0 saturated carbocycles. The number of halogens is 1. The molecule has 1 unspecified atom stereocenters. The number of likely N-dealkylation sites (N-methyl/N-ethyl adjacent to an activating group) is 1. The monoisotopic (exact) mass is 565 g/mol. The van der Waals surface area contributed by atoms with Crippen LogP contribution < -0.4 is 5.32 Å². The molecule has 40 heavy (non-hydrogen) atoms. The number of hydrogen-bond donors (Lipinski definition) is 2. The highest BCUT2D eigenvalue weighted by atomic mass is 32.2. The molecule has 5 rings (SSSR count). The highest BCUT2D eigenvalue weighted by Crippen LogP contribution is 2.51. The van der Waals surface area contributed by atoms with E-state index in [1.165, 1.54) is 17.7 Å². The van der Waals surface area contributed by atoms with Crippen LogP contribution in [-0.2, 0) is 21.9 Å². The quantitative estimate of drug-likeness (QED) is 0.412. The molecule has 0 spiro atoms. The molecule has 2 N–H and O–H groups in total. The van der Waals surface area contributed by atoms with Gasteiger partial charge in [0.15, 0.2) is 0 Å². The fraction of sp³-hybridized carbons (Fsp3) is 0.452. The van der Waals surface area contributed by atoms with Gasteiger partial charge in [-0.25, -0.2) is 12.8 Å². The van der Waals surface area contributed by atoms with Crippen LogP contribution >= 0.6 is 0 Å². The average Bonchev–Trinajstić information content (AvgIpc) is 3.36. The molecule has 1 fully saturated rings. The number of nitrogens with zero attached hydrogens (tertiary/aromatic N) is 3. The van der Waals surface area contributed by atoms with E-state index in [9.17, 15) is 12.8 Å². The van der Waals surface area contributed by atoms with Crippen molar-refractivity contribution >= 4 is 16.1 Å². The van der Waals surface area contributed by atoms with Gasteiger partial charge in [-0.1, -0.05) is 50.6 Å². The lowest BCUT2D eigenvalue weighted by Crippen LogP contribution is -2.55.